The van der Waals surface area contributed by atoms with Gasteiger partial charge >= 0.3 is 0 Å². The van der Waals surface area contributed by atoms with Gasteiger partial charge in [-0.1, -0.05) is 35.9 Å². The van der Waals surface area contributed by atoms with E-state index in [1.807, 2.05) is 43.3 Å². The summed E-state index contributed by atoms with van der Waals surface area (Å²) in [5, 5.41) is 4.03. The van der Waals surface area contributed by atoms with Crippen molar-refractivity contribution >= 4 is 44.7 Å². The number of pyridine rings is 1. The number of rotatable bonds is 3. The van der Waals surface area contributed by atoms with Crippen LogP contribution in [0.2, 0.25) is 5.15 Å². The molecule has 0 saturated heterocycles. The molecule has 2 aromatic carbocycles. The third kappa shape index (κ3) is 3.19. The van der Waals surface area contributed by atoms with E-state index in [2.05, 4.69) is 21.4 Å². The van der Waals surface area contributed by atoms with Gasteiger partial charge in [0.25, 0.3) is 5.91 Å². The van der Waals surface area contributed by atoms with Gasteiger partial charge in [0.05, 0.1) is 15.8 Å². The van der Waals surface area contributed by atoms with Crippen molar-refractivity contribution in [2.24, 2.45) is 0 Å². The number of aromatic nitrogens is 2. The van der Waals surface area contributed by atoms with Gasteiger partial charge in [0.15, 0.2) is 0 Å². The molecule has 1 amide bonds. The van der Waals surface area contributed by atoms with Gasteiger partial charge in [-0.3, -0.25) is 4.79 Å². The van der Waals surface area contributed by atoms with Crippen LogP contribution in [0, 0.1) is 6.92 Å². The van der Waals surface area contributed by atoms with Crippen LogP contribution >= 0.6 is 22.9 Å². The topological polar surface area (TPSA) is 54.9 Å². The monoisotopic (exact) mass is 379 g/mol. The number of carbonyl (C=O) groups excluding carboxylic acids is 1. The number of hydrogen-bond donors (Lipinski definition) is 1. The number of halogens is 1. The third-order valence-corrected chi connectivity index (χ3v) is 5.42. The smallest absolute Gasteiger partial charge is 0.258 e. The molecule has 0 aliphatic carbocycles. The first kappa shape index (κ1) is 16.7. The summed E-state index contributed by atoms with van der Waals surface area (Å²) < 4.78 is 1.14. The van der Waals surface area contributed by atoms with E-state index in [1.54, 1.807) is 29.7 Å². The van der Waals surface area contributed by atoms with Crippen molar-refractivity contribution in [2.45, 2.75) is 6.92 Å². The zero-order valence-electron chi connectivity index (χ0n) is 13.9. The van der Waals surface area contributed by atoms with E-state index in [9.17, 15) is 4.79 Å². The molecule has 6 heteroatoms. The summed E-state index contributed by atoms with van der Waals surface area (Å²) in [6, 6.07) is 17.3. The number of benzene rings is 2. The fraction of sp³-hybridized carbons (Fsp3) is 0.0500. The van der Waals surface area contributed by atoms with E-state index >= 15 is 0 Å². The Morgan fingerprint density at radius 1 is 1.12 bits per heavy atom. The van der Waals surface area contributed by atoms with Crippen molar-refractivity contribution in [3.05, 3.63) is 77.1 Å². The van der Waals surface area contributed by atoms with E-state index < -0.39 is 0 Å². The molecule has 0 unspecified atom stereocenters. The van der Waals surface area contributed by atoms with Crippen LogP contribution in [-0.2, 0) is 0 Å². The van der Waals surface area contributed by atoms with E-state index in [0.717, 1.165) is 32.0 Å². The van der Waals surface area contributed by atoms with E-state index in [0.29, 0.717) is 5.56 Å². The highest BCUT2D eigenvalue weighted by Crippen LogP contribution is 2.32. The Morgan fingerprint density at radius 3 is 2.77 bits per heavy atom. The lowest BCUT2D eigenvalue weighted by Crippen LogP contribution is -2.13. The Kier molecular flexibility index (Phi) is 4.41. The molecule has 4 rings (SSSR count). The number of nitrogens with zero attached hydrogens (tertiary/aromatic N) is 2. The molecule has 2 heterocycles. The first-order valence-corrected chi connectivity index (χ1v) is 9.20. The highest BCUT2D eigenvalue weighted by atomic mass is 35.5. The second-order valence-electron chi connectivity index (χ2n) is 5.81. The van der Waals surface area contributed by atoms with Crippen LogP contribution in [0.5, 0.6) is 0 Å². The molecule has 4 aromatic rings. The zero-order valence-corrected chi connectivity index (χ0v) is 15.4. The number of thiazole rings is 1. The summed E-state index contributed by atoms with van der Waals surface area (Å²) in [7, 11) is 0. The number of anilines is 1. The second-order valence-corrected chi connectivity index (χ2v) is 7.20. The summed E-state index contributed by atoms with van der Waals surface area (Å²) in [5.74, 6) is -0.285. The summed E-state index contributed by atoms with van der Waals surface area (Å²) in [4.78, 5) is 21.2. The number of hydrogen-bond acceptors (Lipinski definition) is 4. The second kappa shape index (κ2) is 6.86. The summed E-state index contributed by atoms with van der Waals surface area (Å²) in [6.45, 7) is 1.95. The molecule has 1 N–H and O–H groups in total. The minimum absolute atomic E-state index is 0.185. The van der Waals surface area contributed by atoms with Gasteiger partial charge in [-0.25, -0.2) is 9.97 Å². The van der Waals surface area contributed by atoms with Crippen molar-refractivity contribution in [3.8, 4) is 10.6 Å². The van der Waals surface area contributed by atoms with Crippen LogP contribution < -0.4 is 5.32 Å². The molecule has 0 radical (unpaired) electrons. The normalized spacial score (nSPS) is 10.8. The van der Waals surface area contributed by atoms with Crippen molar-refractivity contribution in [3.63, 3.8) is 0 Å². The van der Waals surface area contributed by atoms with Gasteiger partial charge in [0.1, 0.15) is 10.2 Å². The lowest BCUT2D eigenvalue weighted by atomic mass is 10.1. The van der Waals surface area contributed by atoms with Gasteiger partial charge in [-0.05, 0) is 42.8 Å². The van der Waals surface area contributed by atoms with Crippen molar-refractivity contribution in [2.75, 3.05) is 5.32 Å². The van der Waals surface area contributed by atoms with Crippen molar-refractivity contribution in [1.29, 1.82) is 0 Å². The molecule has 0 spiro atoms. The largest absolute Gasteiger partial charge is 0.322 e. The minimum atomic E-state index is -0.285. The van der Waals surface area contributed by atoms with Crippen LogP contribution in [0.4, 0.5) is 5.69 Å². The maximum absolute atomic E-state index is 12.5. The van der Waals surface area contributed by atoms with E-state index in [4.69, 9.17) is 11.6 Å². The number of carbonyl (C=O) groups is 1. The van der Waals surface area contributed by atoms with Crippen LogP contribution in [0.1, 0.15) is 15.9 Å². The molecule has 26 heavy (non-hydrogen) atoms. The van der Waals surface area contributed by atoms with Crippen LogP contribution in [0.15, 0.2) is 60.8 Å². The summed E-state index contributed by atoms with van der Waals surface area (Å²) in [5.41, 5.74) is 3.97. The Morgan fingerprint density at radius 2 is 1.96 bits per heavy atom. The predicted octanol–water partition coefficient (Wildman–Crippen LogP) is 5.57. The first-order chi connectivity index (χ1) is 12.6. The van der Waals surface area contributed by atoms with E-state index in [-0.39, 0.29) is 11.1 Å². The lowest BCUT2D eigenvalue weighted by molar-refractivity contribution is 0.102. The quantitative estimate of drug-likeness (QED) is 0.473. The van der Waals surface area contributed by atoms with Crippen LogP contribution in [-0.4, -0.2) is 15.9 Å². The minimum Gasteiger partial charge on any atom is -0.322 e. The fourth-order valence-corrected chi connectivity index (χ4v) is 3.80. The van der Waals surface area contributed by atoms with Gasteiger partial charge in [0.2, 0.25) is 0 Å². The van der Waals surface area contributed by atoms with Crippen molar-refractivity contribution < 1.29 is 4.79 Å². The van der Waals surface area contributed by atoms with Gasteiger partial charge in [-0.2, -0.15) is 0 Å². The molecule has 0 aliphatic heterocycles. The maximum Gasteiger partial charge on any atom is 0.258 e. The molecular weight excluding hydrogens is 366 g/mol. The van der Waals surface area contributed by atoms with Gasteiger partial charge in [-0.15, -0.1) is 11.3 Å². The average molecular weight is 380 g/mol. The average Bonchev–Trinajstić information content (AvgIpc) is 3.08. The fourth-order valence-electron chi connectivity index (χ4n) is 2.63. The van der Waals surface area contributed by atoms with Gasteiger partial charge < -0.3 is 5.32 Å². The number of para-hydroxylation sites is 1. The Bertz CT molecular complexity index is 1090. The molecule has 0 atom stereocenters. The number of aryl methyl sites for hydroxylation is 1. The SMILES string of the molecule is Cc1ccc(-c2nc3ccccc3s2)cc1NC(=O)c1cccnc1Cl. The third-order valence-electron chi connectivity index (χ3n) is 4.03. The number of amides is 1. The Balaban J connectivity index is 1.68. The molecule has 128 valence electrons. The molecule has 4 nitrogen and oxygen atoms in total. The Hall–Kier alpha value is -2.76. The van der Waals surface area contributed by atoms with E-state index in [1.165, 1.54) is 0 Å². The maximum atomic E-state index is 12.5. The standard InChI is InChI=1S/C20H14ClN3OS/c1-12-8-9-13(20-24-15-6-2-3-7-17(15)26-20)11-16(12)23-19(25)14-5-4-10-22-18(14)21/h2-11H,1H3,(H,23,25). The predicted molar refractivity (Wildman–Crippen MR) is 107 cm³/mol. The highest BCUT2D eigenvalue weighted by molar-refractivity contribution is 7.21. The number of fused-ring (bicyclic) bond motifs is 1. The molecular formula is C20H14ClN3OS. The molecule has 0 bridgehead atoms. The van der Waals surface area contributed by atoms with Gasteiger partial charge in [0, 0.05) is 17.4 Å². The molecule has 0 aliphatic rings. The summed E-state index contributed by atoms with van der Waals surface area (Å²) >= 11 is 7.64. The first-order valence-electron chi connectivity index (χ1n) is 8.00. The zero-order chi connectivity index (χ0) is 18.1. The number of nitrogens with one attached hydrogen (secondary N) is 1. The van der Waals surface area contributed by atoms with Crippen molar-refractivity contribution in [1.82, 2.24) is 9.97 Å². The highest BCUT2D eigenvalue weighted by Gasteiger charge is 2.13. The van der Waals surface area contributed by atoms with Crippen LogP contribution in [0.25, 0.3) is 20.8 Å². The molecule has 0 saturated carbocycles. The van der Waals surface area contributed by atoms with Crippen LogP contribution in [0.3, 0.4) is 0 Å². The molecule has 0 fully saturated rings. The lowest BCUT2D eigenvalue weighted by Gasteiger charge is -2.10. The Labute approximate surface area is 159 Å². The molecule has 2 aromatic heterocycles. The summed E-state index contributed by atoms with van der Waals surface area (Å²) in [6.07, 6.45) is 1.55.